The molecule has 14 heteroatoms. The smallest absolute Gasteiger partial charge is 0.302 e. The van der Waals surface area contributed by atoms with Gasteiger partial charge in [-0.3, -0.25) is 9.59 Å². The molecule has 1 saturated heterocycles. The molecule has 5 aromatic rings. The van der Waals surface area contributed by atoms with E-state index in [2.05, 4.69) is 10.9 Å². The zero-order valence-electron chi connectivity index (χ0n) is 25.5. The van der Waals surface area contributed by atoms with Crippen molar-refractivity contribution in [2.75, 3.05) is 19.3 Å². The van der Waals surface area contributed by atoms with Crippen LogP contribution in [0.1, 0.15) is 22.9 Å². The van der Waals surface area contributed by atoms with E-state index >= 15 is 0 Å². The number of terminal acetylenes is 1. The molecule has 6 rings (SSSR count). The van der Waals surface area contributed by atoms with Gasteiger partial charge >= 0.3 is 5.56 Å². The van der Waals surface area contributed by atoms with E-state index in [1.165, 1.54) is 34.1 Å². The third-order valence-corrected chi connectivity index (χ3v) is 9.80. The molecule has 1 fully saturated rings. The molecule has 47 heavy (non-hydrogen) atoms. The van der Waals surface area contributed by atoms with E-state index in [4.69, 9.17) is 20.9 Å². The number of nitrogens with zero attached hydrogens (tertiary/aromatic N) is 5. The van der Waals surface area contributed by atoms with E-state index in [0.717, 1.165) is 17.9 Å². The minimum Gasteiger partial charge on any atom is -0.481 e. The van der Waals surface area contributed by atoms with Gasteiger partial charge in [0.05, 0.1) is 12.6 Å². The maximum Gasteiger partial charge on any atom is 0.302 e. The summed E-state index contributed by atoms with van der Waals surface area (Å²) in [7, 11) is -3.45. The van der Waals surface area contributed by atoms with Crippen LogP contribution in [0.25, 0.3) is 16.5 Å². The van der Waals surface area contributed by atoms with Crippen LogP contribution in [0.15, 0.2) is 76.8 Å². The average Bonchev–Trinajstić information content (AvgIpc) is 3.68. The first-order valence-corrected chi connectivity index (χ1v) is 17.4. The van der Waals surface area contributed by atoms with Crippen molar-refractivity contribution in [3.8, 4) is 28.8 Å². The molecule has 1 N–H and O–H groups in total. The topological polar surface area (TPSA) is 128 Å². The molecule has 0 spiro atoms. The molecule has 1 aliphatic heterocycles. The molecule has 2 aromatic carbocycles. The number of benzene rings is 2. The minimum absolute atomic E-state index is 0.00263. The Morgan fingerprint density at radius 3 is 2.77 bits per heavy atom. The number of thiazole rings is 1. The van der Waals surface area contributed by atoms with E-state index < -0.39 is 27.7 Å². The molecule has 0 radical (unpaired) electrons. The Balaban J connectivity index is 1.37. The quantitative estimate of drug-likeness (QED) is 0.182. The van der Waals surface area contributed by atoms with E-state index in [1.54, 1.807) is 21.9 Å². The molecule has 1 aliphatic rings. The second kappa shape index (κ2) is 13.2. The van der Waals surface area contributed by atoms with E-state index in [9.17, 15) is 22.7 Å². The van der Waals surface area contributed by atoms with Gasteiger partial charge in [0.2, 0.25) is 27.6 Å². The average molecular weight is 677 g/mol. The number of carbonyl (C=O) groups excluding carboxylic acids is 1. The standard InChI is InChI=1S/C33H30FN5O6S2/c1-4-25-18-38(17-21(2)45-25)28(40)19-37-12-13-39-32(41)30(44-20-22-8-6-5-7-9-22)29(36-33(37)39)31-35-16-26(46-31)14-23-10-11-24(34)15-27(23)47(3,42)43/h1,5-13,15-16,21,25H,14,17-20H2,2-3H3/p+1/t21-,25-/m1/s1. The van der Waals surface area contributed by atoms with Crippen LogP contribution in [-0.2, 0) is 43.5 Å². The molecule has 4 heterocycles. The fourth-order valence-electron chi connectivity index (χ4n) is 5.39. The Hall–Kier alpha value is -4.68. The predicted octanol–water partition coefficient (Wildman–Crippen LogP) is 4.14. The Labute approximate surface area is 274 Å². The van der Waals surface area contributed by atoms with Crippen molar-refractivity contribution in [1.82, 2.24) is 23.8 Å². The second-order valence-corrected chi connectivity index (χ2v) is 14.4. The largest absolute Gasteiger partial charge is 0.481 e. The van der Waals surface area contributed by atoms with Gasteiger partial charge in [-0.2, -0.15) is 4.55 Å². The summed E-state index contributed by atoms with van der Waals surface area (Å²) in [4.78, 5) is 38.9. The van der Waals surface area contributed by atoms with Crippen LogP contribution in [0, 0.1) is 18.2 Å². The fourth-order valence-corrected chi connectivity index (χ4v) is 7.27. The van der Waals surface area contributed by atoms with Crippen LogP contribution in [0.5, 0.6) is 5.75 Å². The van der Waals surface area contributed by atoms with Crippen LogP contribution in [0.4, 0.5) is 4.39 Å². The summed E-state index contributed by atoms with van der Waals surface area (Å²) in [6, 6.07) is 13.1. The van der Waals surface area contributed by atoms with Crippen molar-refractivity contribution in [3.05, 3.63) is 99.3 Å². The van der Waals surface area contributed by atoms with Gasteiger partial charge in [0.1, 0.15) is 36.3 Å². The Morgan fingerprint density at radius 1 is 1.23 bits per heavy atom. The number of imidazole rings is 1. The summed E-state index contributed by atoms with van der Waals surface area (Å²) in [6.07, 6.45) is 10.9. The van der Waals surface area contributed by atoms with Crippen LogP contribution < -0.4 is 10.3 Å². The predicted molar refractivity (Wildman–Crippen MR) is 175 cm³/mol. The van der Waals surface area contributed by atoms with Crippen molar-refractivity contribution in [3.63, 3.8) is 0 Å². The van der Waals surface area contributed by atoms with Crippen LogP contribution in [0.3, 0.4) is 0 Å². The Bertz CT molecular complexity index is 2100. The van der Waals surface area contributed by atoms with Crippen molar-refractivity contribution >= 4 is 33.2 Å². The SMILES string of the molecule is C#C[C@@H]1CN(C(=O)Cn2ccn3c(=O)c(OCc4ccccc4)c(-c4ncc(Cc5ccc(F)cc5[S+](C)(=O)O)s4)nc23)C[C@@H](C)O1. The van der Waals surface area contributed by atoms with Gasteiger partial charge in [0.15, 0.2) is 10.6 Å². The van der Waals surface area contributed by atoms with Gasteiger partial charge in [-0.15, -0.1) is 17.8 Å². The van der Waals surface area contributed by atoms with Gasteiger partial charge in [-0.25, -0.2) is 18.8 Å². The second-order valence-electron chi connectivity index (χ2n) is 11.2. The van der Waals surface area contributed by atoms with Crippen molar-refractivity contribution in [1.29, 1.82) is 0 Å². The highest BCUT2D eigenvalue weighted by Gasteiger charge is 2.29. The summed E-state index contributed by atoms with van der Waals surface area (Å²) in [5, 5.41) is 0.366. The number of hydrogen-bond donors (Lipinski definition) is 1. The third-order valence-electron chi connectivity index (χ3n) is 7.60. The maximum absolute atomic E-state index is 13.9. The zero-order valence-corrected chi connectivity index (χ0v) is 27.2. The molecule has 242 valence electrons. The summed E-state index contributed by atoms with van der Waals surface area (Å²) < 4.78 is 51.3. The number of aromatic nitrogens is 4. The Morgan fingerprint density at radius 2 is 2.02 bits per heavy atom. The van der Waals surface area contributed by atoms with Gasteiger partial charge in [0, 0.05) is 48.1 Å². The lowest BCUT2D eigenvalue weighted by atomic mass is 10.1. The van der Waals surface area contributed by atoms with Crippen LogP contribution in [-0.4, -0.2) is 65.8 Å². The van der Waals surface area contributed by atoms with Gasteiger partial charge in [-0.05, 0) is 18.6 Å². The summed E-state index contributed by atoms with van der Waals surface area (Å²) >= 11 is 1.22. The highest BCUT2D eigenvalue weighted by molar-refractivity contribution is 7.97. The minimum atomic E-state index is -3.45. The number of carbonyl (C=O) groups is 1. The van der Waals surface area contributed by atoms with Crippen LogP contribution >= 0.6 is 11.3 Å². The van der Waals surface area contributed by atoms with Crippen LogP contribution in [0.2, 0.25) is 0 Å². The summed E-state index contributed by atoms with van der Waals surface area (Å²) in [6.45, 7) is 2.50. The maximum atomic E-state index is 13.9. The molecule has 1 unspecified atom stereocenters. The highest BCUT2D eigenvalue weighted by atomic mass is 32.3. The number of amides is 1. The Kier molecular flexibility index (Phi) is 9.07. The molecule has 0 bridgehead atoms. The number of morpholine rings is 1. The molecule has 3 atom stereocenters. The van der Waals surface area contributed by atoms with Gasteiger partial charge < -0.3 is 18.9 Å². The zero-order chi connectivity index (χ0) is 33.3. The summed E-state index contributed by atoms with van der Waals surface area (Å²) in [5.41, 5.74) is 1.01. The first-order valence-electron chi connectivity index (χ1n) is 14.6. The molecule has 3 aromatic heterocycles. The van der Waals surface area contributed by atoms with E-state index in [0.29, 0.717) is 22.0 Å². The van der Waals surface area contributed by atoms with E-state index in [1.807, 2.05) is 37.3 Å². The molecule has 0 aliphatic carbocycles. The highest BCUT2D eigenvalue weighted by Crippen LogP contribution is 2.33. The fraction of sp³-hybridized carbons (Fsp3) is 0.273. The molecule has 0 saturated carbocycles. The summed E-state index contributed by atoms with van der Waals surface area (Å²) in [5.74, 6) is 1.92. The lowest BCUT2D eigenvalue weighted by Crippen LogP contribution is -2.49. The van der Waals surface area contributed by atoms with E-state index in [-0.39, 0.29) is 60.2 Å². The number of hydrogen-bond acceptors (Lipinski definition) is 8. The number of rotatable bonds is 9. The van der Waals surface area contributed by atoms with Crippen molar-refractivity contribution in [2.24, 2.45) is 0 Å². The number of fused-ring (bicyclic) bond motifs is 1. The van der Waals surface area contributed by atoms with Crippen molar-refractivity contribution < 1.29 is 27.4 Å². The lowest BCUT2D eigenvalue weighted by Gasteiger charge is -2.34. The van der Waals surface area contributed by atoms with Gasteiger partial charge in [-0.1, -0.05) is 46.5 Å². The normalized spacial score (nSPS) is 17.7. The first kappa shape index (κ1) is 32.3. The molecular formula is C33H31FN5O6S2+. The number of halogens is 1. The molecular weight excluding hydrogens is 646 g/mol. The lowest BCUT2D eigenvalue weighted by molar-refractivity contribution is -0.141. The third kappa shape index (κ3) is 7.03. The monoisotopic (exact) mass is 676 g/mol. The van der Waals surface area contributed by atoms with Gasteiger partial charge in [0.25, 0.3) is 0 Å². The molecule has 11 nitrogen and oxygen atoms in total. The van der Waals surface area contributed by atoms with Crippen molar-refractivity contribution in [2.45, 2.75) is 43.6 Å². The molecule has 1 amide bonds. The first-order chi connectivity index (χ1) is 22.5. The number of ether oxygens (including phenoxy) is 2.